The van der Waals surface area contributed by atoms with Crippen LogP contribution in [0.25, 0.3) is 0 Å². The summed E-state index contributed by atoms with van der Waals surface area (Å²) in [5.41, 5.74) is 0.670. The molecule has 0 bridgehead atoms. The van der Waals surface area contributed by atoms with Crippen LogP contribution < -0.4 is 4.74 Å². The van der Waals surface area contributed by atoms with Gasteiger partial charge in [-0.2, -0.15) is 12.8 Å². The highest BCUT2D eigenvalue weighted by Crippen LogP contribution is 2.16. The van der Waals surface area contributed by atoms with Gasteiger partial charge in [-0.15, -0.1) is 0 Å². The van der Waals surface area contributed by atoms with Gasteiger partial charge in [-0.3, -0.25) is 0 Å². The molecule has 20 heavy (non-hydrogen) atoms. The Kier molecular flexibility index (Phi) is 4.42. The number of hydrogen-bond donors (Lipinski definition) is 0. The van der Waals surface area contributed by atoms with Crippen LogP contribution in [0.5, 0.6) is 5.75 Å². The second-order valence-electron chi connectivity index (χ2n) is 3.94. The Morgan fingerprint density at radius 1 is 1.05 bits per heavy atom. The average Bonchev–Trinajstić information content (AvgIpc) is 2.46. The van der Waals surface area contributed by atoms with E-state index in [4.69, 9.17) is 16.3 Å². The molecule has 0 aliphatic heterocycles. The summed E-state index contributed by atoms with van der Waals surface area (Å²) in [4.78, 5) is 0.103. The maximum atomic E-state index is 12.0. The van der Waals surface area contributed by atoms with Gasteiger partial charge in [0.05, 0.1) is 12.0 Å². The third-order valence-corrected chi connectivity index (χ3v) is 4.07. The van der Waals surface area contributed by atoms with Crippen molar-refractivity contribution in [3.63, 3.8) is 0 Å². The number of ether oxygens (including phenoxy) is 1. The van der Waals surface area contributed by atoms with Crippen molar-refractivity contribution in [3.05, 3.63) is 59.1 Å². The Morgan fingerprint density at radius 3 is 2.20 bits per heavy atom. The molecular formula is C14H12ClNO3S. The first-order valence-electron chi connectivity index (χ1n) is 5.71. The molecule has 0 radical (unpaired) electrons. The average molecular weight is 310 g/mol. The maximum absolute atomic E-state index is 12.0. The number of hydrogen-bond acceptors (Lipinski definition) is 3. The molecule has 2 aromatic rings. The van der Waals surface area contributed by atoms with Crippen LogP contribution in [-0.2, 0) is 10.0 Å². The van der Waals surface area contributed by atoms with Crippen LogP contribution in [0.1, 0.15) is 5.56 Å². The monoisotopic (exact) mass is 309 g/mol. The molecule has 0 saturated carbocycles. The van der Waals surface area contributed by atoms with Gasteiger partial charge in [-0.1, -0.05) is 11.6 Å². The van der Waals surface area contributed by atoms with Gasteiger partial charge in [0.2, 0.25) is 0 Å². The number of sulfonamides is 1. The smallest absolute Gasteiger partial charge is 0.282 e. The molecule has 2 rings (SSSR count). The molecular weight excluding hydrogens is 298 g/mol. The molecule has 0 saturated heterocycles. The Labute approximate surface area is 122 Å². The number of methoxy groups -OCH3 is 1. The van der Waals surface area contributed by atoms with Crippen LogP contribution in [0.15, 0.2) is 57.8 Å². The first-order valence-corrected chi connectivity index (χ1v) is 7.53. The highest BCUT2D eigenvalue weighted by molar-refractivity contribution is 7.90. The van der Waals surface area contributed by atoms with E-state index in [0.29, 0.717) is 16.3 Å². The van der Waals surface area contributed by atoms with Gasteiger partial charge in [-0.25, -0.2) is 0 Å². The minimum Gasteiger partial charge on any atom is -0.497 e. The standard InChI is InChI=1S/C14H12ClNO3S/c1-19-13-6-2-11(3-7-13)10-16-20(17,18)14-8-4-12(15)5-9-14/h2-10H,1H3. The zero-order chi connectivity index (χ0) is 14.6. The fourth-order valence-electron chi connectivity index (χ4n) is 1.49. The Hall–Kier alpha value is -1.85. The molecule has 0 aliphatic rings. The van der Waals surface area contributed by atoms with E-state index in [2.05, 4.69) is 4.40 Å². The predicted molar refractivity (Wildman–Crippen MR) is 79.2 cm³/mol. The summed E-state index contributed by atoms with van der Waals surface area (Å²) < 4.78 is 32.6. The molecule has 0 N–H and O–H groups in total. The van der Waals surface area contributed by atoms with Crippen LogP contribution in [-0.4, -0.2) is 21.7 Å². The summed E-state index contributed by atoms with van der Waals surface area (Å²) in [6.45, 7) is 0. The fraction of sp³-hybridized carbons (Fsp3) is 0.0714. The molecule has 0 unspecified atom stereocenters. The van der Waals surface area contributed by atoms with Gasteiger partial charge in [0.25, 0.3) is 10.0 Å². The van der Waals surface area contributed by atoms with Crippen LogP contribution in [0.2, 0.25) is 5.02 Å². The molecule has 0 heterocycles. The first kappa shape index (κ1) is 14.6. The Balaban J connectivity index is 2.22. The molecule has 104 valence electrons. The van der Waals surface area contributed by atoms with Crippen molar-refractivity contribution in [3.8, 4) is 5.75 Å². The highest BCUT2D eigenvalue weighted by Gasteiger charge is 2.10. The van der Waals surface area contributed by atoms with Gasteiger partial charge >= 0.3 is 0 Å². The van der Waals surface area contributed by atoms with Gasteiger partial charge in [-0.05, 0) is 54.1 Å². The van der Waals surface area contributed by atoms with Crippen molar-refractivity contribution in [2.45, 2.75) is 4.90 Å². The van der Waals surface area contributed by atoms with E-state index in [-0.39, 0.29) is 4.90 Å². The second-order valence-corrected chi connectivity index (χ2v) is 6.01. The van der Waals surface area contributed by atoms with Crippen molar-refractivity contribution in [1.29, 1.82) is 0 Å². The molecule has 0 aliphatic carbocycles. The van der Waals surface area contributed by atoms with E-state index in [1.165, 1.54) is 30.5 Å². The normalized spacial score (nSPS) is 11.7. The summed E-state index contributed by atoms with van der Waals surface area (Å²) in [6, 6.07) is 12.8. The molecule has 0 atom stereocenters. The lowest BCUT2D eigenvalue weighted by atomic mass is 10.2. The highest BCUT2D eigenvalue weighted by atomic mass is 35.5. The number of rotatable bonds is 4. The Bertz CT molecular complexity index is 707. The minimum atomic E-state index is -3.71. The summed E-state index contributed by atoms with van der Waals surface area (Å²) in [7, 11) is -2.15. The predicted octanol–water partition coefficient (Wildman–Crippen LogP) is 3.16. The Morgan fingerprint density at radius 2 is 1.65 bits per heavy atom. The molecule has 0 spiro atoms. The number of benzene rings is 2. The molecule has 4 nitrogen and oxygen atoms in total. The summed E-state index contributed by atoms with van der Waals surface area (Å²) in [5.74, 6) is 0.697. The summed E-state index contributed by atoms with van der Waals surface area (Å²) >= 11 is 5.72. The third-order valence-electron chi connectivity index (χ3n) is 2.57. The lowest BCUT2D eigenvalue weighted by Crippen LogP contribution is -1.97. The van der Waals surface area contributed by atoms with Gasteiger partial charge in [0.15, 0.2) is 0 Å². The summed E-state index contributed by atoms with van der Waals surface area (Å²) in [6.07, 6.45) is 1.30. The third kappa shape index (κ3) is 3.59. The van der Waals surface area contributed by atoms with Crippen molar-refractivity contribution < 1.29 is 13.2 Å². The van der Waals surface area contributed by atoms with Crippen LogP contribution in [0.3, 0.4) is 0 Å². The maximum Gasteiger partial charge on any atom is 0.282 e. The summed E-state index contributed by atoms with van der Waals surface area (Å²) in [5, 5.41) is 0.475. The zero-order valence-electron chi connectivity index (χ0n) is 10.7. The fourth-order valence-corrected chi connectivity index (χ4v) is 2.48. The van der Waals surface area contributed by atoms with Gasteiger partial charge < -0.3 is 4.74 Å². The quantitative estimate of drug-likeness (QED) is 0.815. The zero-order valence-corrected chi connectivity index (χ0v) is 12.2. The van der Waals surface area contributed by atoms with E-state index in [1.54, 1.807) is 31.4 Å². The molecule has 6 heteroatoms. The first-order chi connectivity index (χ1) is 9.51. The van der Waals surface area contributed by atoms with Crippen molar-refractivity contribution in [1.82, 2.24) is 0 Å². The largest absolute Gasteiger partial charge is 0.497 e. The van der Waals surface area contributed by atoms with E-state index in [0.717, 1.165) is 0 Å². The van der Waals surface area contributed by atoms with Crippen molar-refractivity contribution in [2.24, 2.45) is 4.40 Å². The molecule has 0 aromatic heterocycles. The van der Waals surface area contributed by atoms with Crippen molar-refractivity contribution >= 4 is 27.8 Å². The lowest BCUT2D eigenvalue weighted by molar-refractivity contribution is 0.415. The van der Waals surface area contributed by atoms with Crippen LogP contribution in [0.4, 0.5) is 0 Å². The van der Waals surface area contributed by atoms with Crippen LogP contribution >= 0.6 is 11.6 Å². The molecule has 0 fully saturated rings. The molecule has 2 aromatic carbocycles. The topological polar surface area (TPSA) is 55.7 Å². The van der Waals surface area contributed by atoms with Crippen molar-refractivity contribution in [2.75, 3.05) is 7.11 Å². The van der Waals surface area contributed by atoms with E-state index >= 15 is 0 Å². The van der Waals surface area contributed by atoms with Gasteiger partial charge in [0, 0.05) is 11.2 Å². The number of nitrogens with zero attached hydrogens (tertiary/aromatic N) is 1. The lowest BCUT2D eigenvalue weighted by Gasteiger charge is -2.00. The second kappa shape index (κ2) is 6.07. The number of halogens is 1. The van der Waals surface area contributed by atoms with Gasteiger partial charge in [0.1, 0.15) is 5.75 Å². The van der Waals surface area contributed by atoms with E-state index in [9.17, 15) is 8.42 Å². The minimum absolute atomic E-state index is 0.103. The van der Waals surface area contributed by atoms with E-state index in [1.807, 2.05) is 0 Å². The molecule has 0 amide bonds. The van der Waals surface area contributed by atoms with E-state index < -0.39 is 10.0 Å². The van der Waals surface area contributed by atoms with Crippen LogP contribution in [0, 0.1) is 0 Å². The SMILES string of the molecule is COc1ccc(C=NS(=O)(=O)c2ccc(Cl)cc2)cc1.